The highest BCUT2D eigenvalue weighted by atomic mass is 35.5. The van der Waals surface area contributed by atoms with Crippen molar-refractivity contribution in [2.75, 3.05) is 6.61 Å². The van der Waals surface area contributed by atoms with Crippen molar-refractivity contribution in [2.24, 2.45) is 0 Å². The van der Waals surface area contributed by atoms with Crippen molar-refractivity contribution in [3.63, 3.8) is 0 Å². The van der Waals surface area contributed by atoms with E-state index in [0.29, 0.717) is 5.02 Å². The van der Waals surface area contributed by atoms with Gasteiger partial charge in [-0.3, -0.25) is 0 Å². The van der Waals surface area contributed by atoms with E-state index >= 15 is 0 Å². The van der Waals surface area contributed by atoms with E-state index in [1.54, 1.807) is 11.3 Å². The molecule has 0 aliphatic rings. The molecular weight excluding hydrogens is 242 g/mol. The van der Waals surface area contributed by atoms with Crippen molar-refractivity contribution >= 4 is 22.9 Å². The number of rotatable bonds is 4. The van der Waals surface area contributed by atoms with Gasteiger partial charge in [0, 0.05) is 16.3 Å². The second-order valence-electron chi connectivity index (χ2n) is 3.61. The van der Waals surface area contributed by atoms with Crippen LogP contribution in [0.1, 0.15) is 17.2 Å². The third kappa shape index (κ3) is 2.82. The van der Waals surface area contributed by atoms with E-state index in [1.807, 2.05) is 35.2 Å². The largest absolute Gasteiger partial charge is 0.396 e. The Morgan fingerprint density at radius 2 is 2.06 bits per heavy atom. The Hall–Kier alpha value is -0.900. The minimum Gasteiger partial charge on any atom is -0.396 e. The molecule has 0 saturated carbocycles. The van der Waals surface area contributed by atoms with Gasteiger partial charge in [0.15, 0.2) is 0 Å². The van der Waals surface area contributed by atoms with E-state index in [0.717, 1.165) is 17.7 Å². The second-order valence-corrected chi connectivity index (χ2v) is 4.77. The molecule has 1 aromatic carbocycles. The lowest BCUT2D eigenvalue weighted by atomic mass is 9.95. The number of aromatic nitrogens is 1. The van der Waals surface area contributed by atoms with Gasteiger partial charge in [0.05, 0.1) is 17.8 Å². The van der Waals surface area contributed by atoms with Crippen molar-refractivity contribution < 1.29 is 5.11 Å². The lowest BCUT2D eigenvalue weighted by molar-refractivity contribution is 0.264. The highest BCUT2D eigenvalue weighted by Gasteiger charge is 2.12. The van der Waals surface area contributed by atoms with Crippen LogP contribution in [0.25, 0.3) is 0 Å². The third-order valence-electron chi connectivity index (χ3n) is 2.50. The van der Waals surface area contributed by atoms with E-state index in [4.69, 9.17) is 11.6 Å². The average Bonchev–Trinajstić information content (AvgIpc) is 2.80. The molecule has 0 saturated heterocycles. The number of hydrogen-bond acceptors (Lipinski definition) is 3. The lowest BCUT2D eigenvalue weighted by Crippen LogP contribution is -2.07. The van der Waals surface area contributed by atoms with Crippen molar-refractivity contribution in [1.29, 1.82) is 0 Å². The number of benzene rings is 1. The zero-order valence-corrected chi connectivity index (χ0v) is 10.2. The van der Waals surface area contributed by atoms with Gasteiger partial charge in [-0.05, 0) is 24.1 Å². The molecule has 2 rings (SSSR count). The van der Waals surface area contributed by atoms with Crippen molar-refractivity contribution in [2.45, 2.75) is 12.3 Å². The predicted molar refractivity (Wildman–Crippen MR) is 67.1 cm³/mol. The highest BCUT2D eigenvalue weighted by molar-refractivity contribution is 7.07. The van der Waals surface area contributed by atoms with Gasteiger partial charge in [-0.25, -0.2) is 4.98 Å². The summed E-state index contributed by atoms with van der Waals surface area (Å²) >= 11 is 7.40. The van der Waals surface area contributed by atoms with Crippen LogP contribution in [-0.4, -0.2) is 16.7 Å². The first kappa shape index (κ1) is 11.6. The normalized spacial score (nSPS) is 12.6. The molecule has 1 atom stereocenters. The van der Waals surface area contributed by atoms with E-state index in [2.05, 4.69) is 4.98 Å². The molecule has 1 unspecified atom stereocenters. The van der Waals surface area contributed by atoms with Crippen LogP contribution in [0.15, 0.2) is 35.2 Å². The third-order valence-corrected chi connectivity index (χ3v) is 3.39. The monoisotopic (exact) mass is 253 g/mol. The Balaban J connectivity index is 2.13. The van der Waals surface area contributed by atoms with Crippen LogP contribution in [-0.2, 0) is 6.42 Å². The maximum Gasteiger partial charge on any atom is 0.0794 e. The summed E-state index contributed by atoms with van der Waals surface area (Å²) in [6.07, 6.45) is 0.766. The first-order chi connectivity index (χ1) is 7.79. The van der Waals surface area contributed by atoms with Gasteiger partial charge in [0.1, 0.15) is 0 Å². The molecule has 16 heavy (non-hydrogen) atoms. The summed E-state index contributed by atoms with van der Waals surface area (Å²) in [4.78, 5) is 4.23. The van der Waals surface area contributed by atoms with Gasteiger partial charge >= 0.3 is 0 Å². The molecule has 0 aliphatic carbocycles. The van der Waals surface area contributed by atoms with Crippen molar-refractivity contribution in [3.8, 4) is 0 Å². The fourth-order valence-electron chi connectivity index (χ4n) is 1.61. The van der Waals surface area contributed by atoms with E-state index in [9.17, 15) is 5.11 Å². The molecule has 1 heterocycles. The maximum atomic E-state index is 9.39. The summed E-state index contributed by atoms with van der Waals surface area (Å²) in [5.41, 5.74) is 3.94. The molecule has 0 radical (unpaired) electrons. The number of hydrogen-bond donors (Lipinski definition) is 1. The van der Waals surface area contributed by atoms with E-state index < -0.39 is 0 Å². The summed E-state index contributed by atoms with van der Waals surface area (Å²) in [6, 6.07) is 7.60. The number of halogens is 1. The van der Waals surface area contributed by atoms with E-state index in [-0.39, 0.29) is 12.5 Å². The van der Waals surface area contributed by atoms with Gasteiger partial charge in [-0.1, -0.05) is 23.7 Å². The van der Waals surface area contributed by atoms with Crippen LogP contribution in [0, 0.1) is 0 Å². The highest BCUT2D eigenvalue weighted by Crippen LogP contribution is 2.22. The molecule has 0 aliphatic heterocycles. The first-order valence-electron chi connectivity index (χ1n) is 5.03. The van der Waals surface area contributed by atoms with Crippen molar-refractivity contribution in [3.05, 3.63) is 51.4 Å². The topological polar surface area (TPSA) is 33.1 Å². The second kappa shape index (κ2) is 5.43. The molecule has 1 N–H and O–H groups in total. The average molecular weight is 254 g/mol. The SMILES string of the molecule is OCC(Cc1cscn1)c1ccc(Cl)cc1. The Kier molecular flexibility index (Phi) is 3.93. The van der Waals surface area contributed by atoms with Crippen LogP contribution in [0.5, 0.6) is 0 Å². The van der Waals surface area contributed by atoms with Crippen LogP contribution < -0.4 is 0 Å². The molecule has 84 valence electrons. The summed E-state index contributed by atoms with van der Waals surface area (Å²) in [7, 11) is 0. The fraction of sp³-hybridized carbons (Fsp3) is 0.250. The molecule has 2 aromatic rings. The number of aliphatic hydroxyl groups is 1. The van der Waals surface area contributed by atoms with Gasteiger partial charge < -0.3 is 5.11 Å². The van der Waals surface area contributed by atoms with Crippen LogP contribution >= 0.6 is 22.9 Å². The number of thiazole rings is 1. The Morgan fingerprint density at radius 3 is 2.62 bits per heavy atom. The first-order valence-corrected chi connectivity index (χ1v) is 6.35. The Bertz CT molecular complexity index is 427. The minimum absolute atomic E-state index is 0.0966. The maximum absolute atomic E-state index is 9.39. The molecular formula is C12H12ClNOS. The summed E-state index contributed by atoms with van der Waals surface area (Å²) in [5, 5.41) is 12.1. The van der Waals surface area contributed by atoms with Crippen molar-refractivity contribution in [1.82, 2.24) is 4.98 Å². The molecule has 0 fully saturated rings. The summed E-state index contributed by atoms with van der Waals surface area (Å²) in [5.74, 6) is 0.0966. The Labute approximate surface area is 104 Å². The standard InChI is InChI=1S/C12H12ClNOS/c13-11-3-1-9(2-4-11)10(6-15)5-12-7-16-8-14-12/h1-4,7-8,10,15H,5-6H2. The van der Waals surface area contributed by atoms with Gasteiger partial charge in [0.2, 0.25) is 0 Å². The molecule has 1 aromatic heterocycles. The quantitative estimate of drug-likeness (QED) is 0.908. The van der Waals surface area contributed by atoms with E-state index in [1.165, 1.54) is 0 Å². The zero-order chi connectivity index (χ0) is 11.4. The van der Waals surface area contributed by atoms with Crippen LogP contribution in [0.2, 0.25) is 5.02 Å². The number of nitrogens with zero attached hydrogens (tertiary/aromatic N) is 1. The van der Waals surface area contributed by atoms with Crippen LogP contribution in [0.3, 0.4) is 0 Å². The van der Waals surface area contributed by atoms with Gasteiger partial charge in [0.25, 0.3) is 0 Å². The van der Waals surface area contributed by atoms with Gasteiger partial charge in [-0.15, -0.1) is 11.3 Å². The minimum atomic E-state index is 0.0966. The molecule has 4 heteroatoms. The summed E-state index contributed by atoms with van der Waals surface area (Å²) < 4.78 is 0. The van der Waals surface area contributed by atoms with Crippen LogP contribution in [0.4, 0.5) is 0 Å². The molecule has 0 spiro atoms. The number of aliphatic hydroxyl groups excluding tert-OH is 1. The predicted octanol–water partition coefficient (Wildman–Crippen LogP) is 3.12. The van der Waals surface area contributed by atoms with Gasteiger partial charge in [-0.2, -0.15) is 0 Å². The summed E-state index contributed by atoms with van der Waals surface area (Å²) in [6.45, 7) is 0.124. The lowest BCUT2D eigenvalue weighted by Gasteiger charge is -2.13. The molecule has 0 bridgehead atoms. The molecule has 0 amide bonds. The molecule has 2 nitrogen and oxygen atoms in total. The smallest absolute Gasteiger partial charge is 0.0794 e. The Morgan fingerprint density at radius 1 is 1.31 bits per heavy atom. The zero-order valence-electron chi connectivity index (χ0n) is 8.64. The fourth-order valence-corrected chi connectivity index (χ4v) is 2.31.